The summed E-state index contributed by atoms with van der Waals surface area (Å²) in [5.74, 6) is 0.00745. The lowest BCUT2D eigenvalue weighted by atomic mass is 10.1. The molecule has 0 aliphatic heterocycles. The zero-order chi connectivity index (χ0) is 14.1. The Morgan fingerprint density at radius 1 is 1.15 bits per heavy atom. The molecule has 0 bridgehead atoms. The van der Waals surface area contributed by atoms with E-state index in [0.717, 1.165) is 16.2 Å². The number of aryl methyl sites for hydroxylation is 1. The van der Waals surface area contributed by atoms with E-state index in [2.05, 4.69) is 4.98 Å². The number of aromatic nitrogens is 2. The van der Waals surface area contributed by atoms with Crippen LogP contribution in [0.25, 0.3) is 5.65 Å². The topological polar surface area (TPSA) is 34.4 Å². The minimum atomic E-state index is 0.00745. The number of rotatable bonds is 3. The molecule has 0 spiro atoms. The van der Waals surface area contributed by atoms with E-state index >= 15 is 0 Å². The number of ketones is 1. The van der Waals surface area contributed by atoms with Crippen LogP contribution >= 0.6 is 11.8 Å². The van der Waals surface area contributed by atoms with Gasteiger partial charge in [-0.25, -0.2) is 4.98 Å². The van der Waals surface area contributed by atoms with E-state index in [0.29, 0.717) is 11.3 Å². The smallest absolute Gasteiger partial charge is 0.212 e. The molecule has 100 valence electrons. The van der Waals surface area contributed by atoms with Crippen LogP contribution in [0.15, 0.2) is 53.7 Å². The van der Waals surface area contributed by atoms with Gasteiger partial charge < -0.3 is 0 Å². The van der Waals surface area contributed by atoms with Gasteiger partial charge in [-0.1, -0.05) is 36.4 Å². The fourth-order valence-corrected chi connectivity index (χ4v) is 2.77. The van der Waals surface area contributed by atoms with Gasteiger partial charge in [0.15, 0.2) is 0 Å². The van der Waals surface area contributed by atoms with Gasteiger partial charge in [0.25, 0.3) is 0 Å². The van der Waals surface area contributed by atoms with E-state index in [-0.39, 0.29) is 5.78 Å². The first-order valence-electron chi connectivity index (χ1n) is 6.33. The highest BCUT2D eigenvalue weighted by atomic mass is 32.2. The number of thioether (sulfide) groups is 1. The van der Waals surface area contributed by atoms with Gasteiger partial charge in [0.2, 0.25) is 5.78 Å². The average molecular weight is 282 g/mol. The highest BCUT2D eigenvalue weighted by molar-refractivity contribution is 7.98. The first-order valence-corrected chi connectivity index (χ1v) is 7.55. The normalized spacial score (nSPS) is 10.9. The molecule has 1 aromatic carbocycles. The summed E-state index contributed by atoms with van der Waals surface area (Å²) in [6.07, 6.45) is 3.90. The van der Waals surface area contributed by atoms with Crippen LogP contribution in [0.5, 0.6) is 0 Å². The molecule has 2 heterocycles. The second-order valence-corrected chi connectivity index (χ2v) is 5.39. The standard InChI is InChI=1S/C16H14N2OS/c1-11-8-9-13-17-16(20-2)14(18(13)10-11)15(19)12-6-4-3-5-7-12/h3-10H,1-2H3. The van der Waals surface area contributed by atoms with E-state index < -0.39 is 0 Å². The van der Waals surface area contributed by atoms with Crippen LogP contribution < -0.4 is 0 Å². The quantitative estimate of drug-likeness (QED) is 0.544. The van der Waals surface area contributed by atoms with Crippen LogP contribution in [0, 0.1) is 6.92 Å². The van der Waals surface area contributed by atoms with Crippen molar-refractivity contribution in [2.75, 3.05) is 6.26 Å². The number of fused-ring (bicyclic) bond motifs is 1. The molecule has 20 heavy (non-hydrogen) atoms. The molecule has 0 unspecified atom stereocenters. The Labute approximate surface area is 121 Å². The van der Waals surface area contributed by atoms with Crippen molar-refractivity contribution in [2.45, 2.75) is 11.9 Å². The van der Waals surface area contributed by atoms with Gasteiger partial charge in [0.05, 0.1) is 0 Å². The number of hydrogen-bond donors (Lipinski definition) is 0. The van der Waals surface area contributed by atoms with Crippen molar-refractivity contribution < 1.29 is 4.79 Å². The Balaban J connectivity index is 2.24. The number of benzene rings is 1. The summed E-state index contributed by atoms with van der Waals surface area (Å²) in [7, 11) is 0. The molecule has 3 nitrogen and oxygen atoms in total. The minimum absolute atomic E-state index is 0.00745. The molecule has 0 amide bonds. The molecule has 4 heteroatoms. The molecule has 0 atom stereocenters. The molecule has 3 rings (SSSR count). The van der Waals surface area contributed by atoms with Crippen LogP contribution in [0.4, 0.5) is 0 Å². The fourth-order valence-electron chi connectivity index (χ4n) is 2.20. The largest absolute Gasteiger partial charge is 0.295 e. The van der Waals surface area contributed by atoms with E-state index in [1.54, 1.807) is 0 Å². The van der Waals surface area contributed by atoms with Crippen molar-refractivity contribution in [3.8, 4) is 0 Å². The van der Waals surface area contributed by atoms with E-state index in [9.17, 15) is 4.79 Å². The number of pyridine rings is 1. The lowest BCUT2D eigenvalue weighted by molar-refractivity contribution is 0.103. The van der Waals surface area contributed by atoms with Crippen molar-refractivity contribution in [2.24, 2.45) is 0 Å². The van der Waals surface area contributed by atoms with Crippen molar-refractivity contribution in [3.05, 3.63) is 65.5 Å². The molecule has 0 aliphatic rings. The Morgan fingerprint density at radius 2 is 1.90 bits per heavy atom. The maximum atomic E-state index is 12.7. The average Bonchev–Trinajstić information content (AvgIpc) is 2.85. The molecule has 3 aromatic rings. The second-order valence-electron chi connectivity index (χ2n) is 4.60. The molecule has 0 aliphatic carbocycles. The molecule has 0 saturated heterocycles. The van der Waals surface area contributed by atoms with E-state index in [1.165, 1.54) is 11.8 Å². The second kappa shape index (κ2) is 5.13. The van der Waals surface area contributed by atoms with Gasteiger partial charge in [0.1, 0.15) is 16.4 Å². The zero-order valence-corrected chi connectivity index (χ0v) is 12.1. The van der Waals surface area contributed by atoms with Crippen molar-refractivity contribution in [1.82, 2.24) is 9.38 Å². The van der Waals surface area contributed by atoms with Gasteiger partial charge in [-0.15, -0.1) is 11.8 Å². The van der Waals surface area contributed by atoms with Crippen LogP contribution in [-0.2, 0) is 0 Å². The Morgan fingerprint density at radius 3 is 2.60 bits per heavy atom. The van der Waals surface area contributed by atoms with Crippen LogP contribution in [0.3, 0.4) is 0 Å². The fraction of sp³-hybridized carbons (Fsp3) is 0.125. The molecule has 2 aromatic heterocycles. The first-order chi connectivity index (χ1) is 9.70. The summed E-state index contributed by atoms with van der Waals surface area (Å²) in [5.41, 5.74) is 3.23. The van der Waals surface area contributed by atoms with E-state index in [1.807, 2.05) is 66.2 Å². The monoisotopic (exact) mass is 282 g/mol. The molecule has 0 fully saturated rings. The zero-order valence-electron chi connectivity index (χ0n) is 11.3. The molecule has 0 N–H and O–H groups in total. The van der Waals surface area contributed by atoms with Gasteiger partial charge in [0, 0.05) is 11.8 Å². The third-order valence-corrected chi connectivity index (χ3v) is 3.85. The number of hydrogen-bond acceptors (Lipinski definition) is 3. The molecule has 0 radical (unpaired) electrons. The lowest BCUT2D eigenvalue weighted by Crippen LogP contribution is -2.06. The molecular weight excluding hydrogens is 268 g/mol. The molecule has 0 saturated carbocycles. The summed E-state index contributed by atoms with van der Waals surface area (Å²) in [5, 5.41) is 0.768. The summed E-state index contributed by atoms with van der Waals surface area (Å²) in [6.45, 7) is 2.01. The Hall–Kier alpha value is -2.07. The van der Waals surface area contributed by atoms with Gasteiger partial charge in [-0.05, 0) is 24.8 Å². The lowest BCUT2D eigenvalue weighted by Gasteiger charge is -2.04. The summed E-state index contributed by atoms with van der Waals surface area (Å²) < 4.78 is 1.89. The number of carbonyl (C=O) groups excluding carboxylic acids is 1. The number of imidazole rings is 1. The predicted molar refractivity (Wildman–Crippen MR) is 81.6 cm³/mol. The van der Waals surface area contributed by atoms with Crippen molar-refractivity contribution in [3.63, 3.8) is 0 Å². The first kappa shape index (κ1) is 12.9. The highest BCUT2D eigenvalue weighted by Crippen LogP contribution is 2.24. The SMILES string of the molecule is CSc1nc2ccc(C)cn2c1C(=O)c1ccccc1. The van der Waals surface area contributed by atoms with Gasteiger partial charge in [-0.2, -0.15) is 0 Å². The minimum Gasteiger partial charge on any atom is -0.295 e. The van der Waals surface area contributed by atoms with E-state index in [4.69, 9.17) is 0 Å². The van der Waals surface area contributed by atoms with Crippen molar-refractivity contribution in [1.29, 1.82) is 0 Å². The third kappa shape index (κ3) is 2.12. The third-order valence-electron chi connectivity index (χ3n) is 3.18. The number of nitrogens with zero attached hydrogens (tertiary/aromatic N) is 2. The highest BCUT2D eigenvalue weighted by Gasteiger charge is 2.20. The van der Waals surface area contributed by atoms with Crippen LogP contribution in [-0.4, -0.2) is 21.4 Å². The predicted octanol–water partition coefficient (Wildman–Crippen LogP) is 3.60. The number of carbonyl (C=O) groups is 1. The van der Waals surface area contributed by atoms with Crippen LogP contribution in [0.1, 0.15) is 21.6 Å². The maximum absolute atomic E-state index is 12.7. The molecular formula is C16H14N2OS. The Kier molecular flexibility index (Phi) is 3.32. The summed E-state index contributed by atoms with van der Waals surface area (Å²) in [4.78, 5) is 17.3. The Bertz CT molecular complexity index is 778. The van der Waals surface area contributed by atoms with Gasteiger partial charge >= 0.3 is 0 Å². The maximum Gasteiger partial charge on any atom is 0.212 e. The summed E-state index contributed by atoms with van der Waals surface area (Å²) in [6, 6.07) is 13.3. The summed E-state index contributed by atoms with van der Waals surface area (Å²) >= 11 is 1.50. The van der Waals surface area contributed by atoms with Crippen molar-refractivity contribution >= 4 is 23.2 Å². The van der Waals surface area contributed by atoms with Gasteiger partial charge in [-0.3, -0.25) is 9.20 Å². The van der Waals surface area contributed by atoms with Crippen LogP contribution in [0.2, 0.25) is 0 Å².